The molecule has 3 rings (SSSR count). The predicted molar refractivity (Wildman–Crippen MR) is 91.5 cm³/mol. The third-order valence-corrected chi connectivity index (χ3v) is 4.41. The van der Waals surface area contributed by atoms with E-state index in [1.165, 1.54) is 7.11 Å². The second-order valence-corrected chi connectivity index (χ2v) is 6.03. The summed E-state index contributed by atoms with van der Waals surface area (Å²) in [6.45, 7) is 4.17. The highest BCUT2D eigenvalue weighted by molar-refractivity contribution is 6.25. The van der Waals surface area contributed by atoms with Crippen LogP contribution in [-0.4, -0.2) is 73.2 Å². The Balaban J connectivity index is 1.78. The van der Waals surface area contributed by atoms with Gasteiger partial charge in [0, 0.05) is 19.6 Å². The van der Waals surface area contributed by atoms with Crippen LogP contribution in [-0.2, 0) is 4.74 Å². The summed E-state index contributed by atoms with van der Waals surface area (Å²) in [6, 6.07) is 0. The Kier molecular flexibility index (Phi) is 5.43. The lowest BCUT2D eigenvalue weighted by Crippen LogP contribution is -2.37. The van der Waals surface area contributed by atoms with Gasteiger partial charge in [-0.2, -0.15) is 0 Å². The number of benzene rings is 1. The summed E-state index contributed by atoms with van der Waals surface area (Å²) in [7, 11) is 1.28. The van der Waals surface area contributed by atoms with E-state index < -0.39 is 23.1 Å². The number of allylic oxidation sites excluding steroid dienone is 2. The van der Waals surface area contributed by atoms with Gasteiger partial charge in [0.2, 0.25) is 11.5 Å². The standard InChI is InChI=1S/C18H21NO7/c1-24-17-15(22)13-11(20)3-4-12(21)14(13)16(23)18(17)26-8-2-5-19-6-9-25-10-7-19/h3-4,22-23H,2,5-10H2,1H3. The maximum absolute atomic E-state index is 12.1. The van der Waals surface area contributed by atoms with E-state index in [0.29, 0.717) is 19.6 Å². The number of morpholine rings is 1. The van der Waals surface area contributed by atoms with E-state index in [1.54, 1.807) is 0 Å². The van der Waals surface area contributed by atoms with Crippen molar-refractivity contribution in [3.05, 3.63) is 23.3 Å². The normalized spacial score (nSPS) is 17.3. The topological polar surface area (TPSA) is 106 Å². The maximum Gasteiger partial charge on any atom is 0.208 e. The number of rotatable bonds is 6. The lowest BCUT2D eigenvalue weighted by Gasteiger charge is -2.26. The number of methoxy groups -OCH3 is 1. The van der Waals surface area contributed by atoms with Gasteiger partial charge in [-0.3, -0.25) is 14.5 Å². The molecule has 0 unspecified atom stereocenters. The molecule has 1 heterocycles. The molecule has 8 heteroatoms. The number of carbonyl (C=O) groups is 2. The number of aromatic hydroxyl groups is 2. The minimum absolute atomic E-state index is 0.137. The van der Waals surface area contributed by atoms with Crippen LogP contribution in [0.15, 0.2) is 12.2 Å². The van der Waals surface area contributed by atoms with Crippen molar-refractivity contribution in [2.75, 3.05) is 46.6 Å². The van der Waals surface area contributed by atoms with Crippen molar-refractivity contribution in [2.45, 2.75) is 6.42 Å². The quantitative estimate of drug-likeness (QED) is 0.573. The second kappa shape index (κ2) is 7.76. The van der Waals surface area contributed by atoms with E-state index in [4.69, 9.17) is 14.2 Å². The van der Waals surface area contributed by atoms with Crippen molar-refractivity contribution >= 4 is 11.6 Å². The Morgan fingerprint density at radius 3 is 2.19 bits per heavy atom. The van der Waals surface area contributed by atoms with Crippen molar-refractivity contribution in [3.63, 3.8) is 0 Å². The van der Waals surface area contributed by atoms with Gasteiger partial charge in [0.1, 0.15) is 0 Å². The molecule has 1 aliphatic carbocycles. The number of phenolic OH excluding ortho intramolecular Hbond substituents is 2. The summed E-state index contributed by atoms with van der Waals surface area (Å²) >= 11 is 0. The average molecular weight is 363 g/mol. The van der Waals surface area contributed by atoms with Crippen LogP contribution in [0.5, 0.6) is 23.0 Å². The minimum Gasteiger partial charge on any atom is -0.504 e. The fourth-order valence-electron chi connectivity index (χ4n) is 3.09. The van der Waals surface area contributed by atoms with Gasteiger partial charge < -0.3 is 24.4 Å². The summed E-state index contributed by atoms with van der Waals surface area (Å²) in [6.07, 6.45) is 2.78. The summed E-state index contributed by atoms with van der Waals surface area (Å²) in [5.41, 5.74) is -0.536. The van der Waals surface area contributed by atoms with Crippen molar-refractivity contribution in [1.82, 2.24) is 4.90 Å². The van der Waals surface area contributed by atoms with Gasteiger partial charge in [0.25, 0.3) is 0 Å². The number of hydrogen-bond donors (Lipinski definition) is 2. The monoisotopic (exact) mass is 363 g/mol. The number of ketones is 2. The summed E-state index contributed by atoms with van der Waals surface area (Å²) in [4.78, 5) is 26.3. The maximum atomic E-state index is 12.1. The molecule has 0 spiro atoms. The van der Waals surface area contributed by atoms with Crippen LogP contribution < -0.4 is 9.47 Å². The van der Waals surface area contributed by atoms with Crippen molar-refractivity contribution in [1.29, 1.82) is 0 Å². The van der Waals surface area contributed by atoms with E-state index in [0.717, 1.165) is 31.8 Å². The first-order valence-electron chi connectivity index (χ1n) is 8.40. The molecule has 1 aromatic carbocycles. The summed E-state index contributed by atoms with van der Waals surface area (Å²) in [5.74, 6) is -2.46. The molecule has 2 aliphatic rings. The van der Waals surface area contributed by atoms with E-state index >= 15 is 0 Å². The largest absolute Gasteiger partial charge is 0.504 e. The lowest BCUT2D eigenvalue weighted by molar-refractivity contribution is 0.0357. The molecule has 0 atom stereocenters. The molecular weight excluding hydrogens is 342 g/mol. The van der Waals surface area contributed by atoms with Crippen LogP contribution in [0.4, 0.5) is 0 Å². The SMILES string of the molecule is COc1c(O)c2c(c(O)c1OCCCN1CCOCC1)C(=O)C=CC2=O. The third kappa shape index (κ3) is 3.38. The summed E-state index contributed by atoms with van der Waals surface area (Å²) < 4.78 is 16.0. The van der Waals surface area contributed by atoms with E-state index in [9.17, 15) is 19.8 Å². The molecule has 0 aromatic heterocycles. The van der Waals surface area contributed by atoms with Crippen LogP contribution in [0.3, 0.4) is 0 Å². The Hall–Kier alpha value is -2.58. The number of carbonyl (C=O) groups excluding carboxylic acids is 2. The zero-order chi connectivity index (χ0) is 18.7. The van der Waals surface area contributed by atoms with Crippen molar-refractivity contribution in [2.24, 2.45) is 0 Å². The molecule has 2 N–H and O–H groups in total. The van der Waals surface area contributed by atoms with Crippen LogP contribution in [0, 0.1) is 0 Å². The van der Waals surface area contributed by atoms with Gasteiger partial charge in [0.15, 0.2) is 23.1 Å². The highest BCUT2D eigenvalue weighted by atomic mass is 16.5. The Labute approximate surface area is 150 Å². The first-order valence-corrected chi connectivity index (χ1v) is 8.40. The lowest BCUT2D eigenvalue weighted by atomic mass is 9.92. The zero-order valence-corrected chi connectivity index (χ0v) is 14.5. The molecule has 1 aromatic rings. The Bertz CT molecular complexity index is 751. The van der Waals surface area contributed by atoms with Gasteiger partial charge in [0.05, 0.1) is 38.1 Å². The molecule has 26 heavy (non-hydrogen) atoms. The highest BCUT2D eigenvalue weighted by Gasteiger charge is 2.33. The Morgan fingerprint density at radius 2 is 1.62 bits per heavy atom. The van der Waals surface area contributed by atoms with Crippen LogP contribution in [0.2, 0.25) is 0 Å². The third-order valence-electron chi connectivity index (χ3n) is 4.41. The summed E-state index contributed by atoms with van der Waals surface area (Å²) in [5, 5.41) is 20.8. The van der Waals surface area contributed by atoms with Crippen LogP contribution >= 0.6 is 0 Å². The van der Waals surface area contributed by atoms with E-state index in [1.807, 2.05) is 0 Å². The van der Waals surface area contributed by atoms with Gasteiger partial charge in [-0.05, 0) is 18.6 Å². The molecule has 8 nitrogen and oxygen atoms in total. The number of hydrogen-bond acceptors (Lipinski definition) is 8. The molecule has 140 valence electrons. The minimum atomic E-state index is -0.579. The smallest absolute Gasteiger partial charge is 0.208 e. The first kappa shape index (κ1) is 18.2. The molecule has 1 fully saturated rings. The highest BCUT2D eigenvalue weighted by Crippen LogP contribution is 2.49. The van der Waals surface area contributed by atoms with Crippen molar-refractivity contribution in [3.8, 4) is 23.0 Å². The fourth-order valence-corrected chi connectivity index (χ4v) is 3.09. The molecule has 0 bridgehead atoms. The van der Waals surface area contributed by atoms with Crippen LogP contribution in [0.1, 0.15) is 27.1 Å². The fraction of sp³-hybridized carbons (Fsp3) is 0.444. The molecular formula is C18H21NO7. The number of phenols is 2. The zero-order valence-electron chi connectivity index (χ0n) is 14.5. The molecule has 1 saturated heterocycles. The first-order chi connectivity index (χ1) is 12.5. The van der Waals surface area contributed by atoms with Gasteiger partial charge in [-0.1, -0.05) is 0 Å². The molecule has 0 radical (unpaired) electrons. The van der Waals surface area contributed by atoms with Gasteiger partial charge >= 0.3 is 0 Å². The van der Waals surface area contributed by atoms with E-state index in [-0.39, 0.29) is 29.2 Å². The number of nitrogens with zero attached hydrogens (tertiary/aromatic N) is 1. The van der Waals surface area contributed by atoms with Crippen molar-refractivity contribution < 1.29 is 34.0 Å². The van der Waals surface area contributed by atoms with E-state index in [2.05, 4.69) is 4.90 Å². The Morgan fingerprint density at radius 1 is 1.04 bits per heavy atom. The van der Waals surface area contributed by atoms with Gasteiger partial charge in [-0.25, -0.2) is 0 Å². The van der Waals surface area contributed by atoms with Gasteiger partial charge in [-0.15, -0.1) is 0 Å². The predicted octanol–water partition coefficient (Wildman–Crippen LogP) is 1.14. The molecule has 0 saturated carbocycles. The average Bonchev–Trinajstić information content (AvgIpc) is 2.65. The number of fused-ring (bicyclic) bond motifs is 1. The van der Waals surface area contributed by atoms with Crippen LogP contribution in [0.25, 0.3) is 0 Å². The second-order valence-electron chi connectivity index (χ2n) is 6.03. The molecule has 0 amide bonds. The molecule has 1 aliphatic heterocycles. The number of ether oxygens (including phenoxy) is 3.